The van der Waals surface area contributed by atoms with Gasteiger partial charge in [-0.15, -0.1) is 0 Å². The molecular weight excluding hydrogens is 352 g/mol. The summed E-state index contributed by atoms with van der Waals surface area (Å²) in [5, 5.41) is 12.6. The van der Waals surface area contributed by atoms with Crippen molar-refractivity contribution in [3.8, 4) is 0 Å². The summed E-state index contributed by atoms with van der Waals surface area (Å²) in [7, 11) is 0. The molecular formula is C23H18N2O3. The highest BCUT2D eigenvalue weighted by molar-refractivity contribution is 5.97. The summed E-state index contributed by atoms with van der Waals surface area (Å²) in [6.45, 7) is 0. The van der Waals surface area contributed by atoms with Crippen molar-refractivity contribution in [3.05, 3.63) is 112 Å². The number of Topliss-reactive ketones (excluding diaryl/α,β-unsaturated/α-hetero) is 1. The quantitative estimate of drug-likeness (QED) is 0.277. The second-order valence-corrected chi connectivity index (χ2v) is 6.65. The molecule has 0 saturated heterocycles. The number of nitro benzene ring substituents is 1. The van der Waals surface area contributed by atoms with Gasteiger partial charge in [0, 0.05) is 46.6 Å². The Balaban J connectivity index is 1.84. The van der Waals surface area contributed by atoms with E-state index in [1.165, 1.54) is 6.07 Å². The van der Waals surface area contributed by atoms with Crippen molar-refractivity contribution in [1.29, 1.82) is 0 Å². The Morgan fingerprint density at radius 2 is 1.57 bits per heavy atom. The van der Waals surface area contributed by atoms with Gasteiger partial charge in [-0.05, 0) is 11.6 Å². The van der Waals surface area contributed by atoms with E-state index in [1.807, 2.05) is 48.7 Å². The summed E-state index contributed by atoms with van der Waals surface area (Å²) in [5.74, 6) is -0.473. The van der Waals surface area contributed by atoms with Crippen molar-refractivity contribution in [3.63, 3.8) is 0 Å². The Morgan fingerprint density at radius 1 is 0.893 bits per heavy atom. The number of hydrogen-bond donors (Lipinski definition) is 1. The molecule has 0 fully saturated rings. The van der Waals surface area contributed by atoms with Crippen LogP contribution in [0.1, 0.15) is 33.8 Å². The lowest BCUT2D eigenvalue weighted by Gasteiger charge is -2.17. The van der Waals surface area contributed by atoms with Crippen LogP contribution in [0, 0.1) is 10.1 Å². The van der Waals surface area contributed by atoms with E-state index in [2.05, 4.69) is 4.98 Å². The fourth-order valence-electron chi connectivity index (χ4n) is 3.65. The van der Waals surface area contributed by atoms with Crippen LogP contribution in [0.5, 0.6) is 0 Å². The number of hydrogen-bond acceptors (Lipinski definition) is 3. The fourth-order valence-corrected chi connectivity index (χ4v) is 3.65. The van der Waals surface area contributed by atoms with Crippen LogP contribution in [0.15, 0.2) is 85.1 Å². The van der Waals surface area contributed by atoms with Crippen molar-refractivity contribution >= 4 is 22.4 Å². The third kappa shape index (κ3) is 3.30. The number of aromatic nitrogens is 1. The fraction of sp³-hybridized carbons (Fsp3) is 0.0870. The Bertz CT molecular complexity index is 1150. The van der Waals surface area contributed by atoms with Gasteiger partial charge in [-0.3, -0.25) is 14.9 Å². The zero-order valence-electron chi connectivity index (χ0n) is 15.0. The summed E-state index contributed by atoms with van der Waals surface area (Å²) in [4.78, 5) is 27.4. The number of rotatable bonds is 6. The Morgan fingerprint density at radius 3 is 2.36 bits per heavy atom. The first-order valence-electron chi connectivity index (χ1n) is 9.02. The molecule has 0 aliphatic heterocycles. The normalized spacial score (nSPS) is 12.0. The van der Waals surface area contributed by atoms with Crippen LogP contribution in [0.4, 0.5) is 5.69 Å². The number of carbonyl (C=O) groups excluding carboxylic acids is 1. The SMILES string of the molecule is O=C(CC(c1ccccc1[N+](=O)[O-])c1c[nH]c2ccccc12)c1ccccc1. The highest BCUT2D eigenvalue weighted by Crippen LogP contribution is 2.38. The Labute approximate surface area is 161 Å². The van der Waals surface area contributed by atoms with Crippen LogP contribution in [-0.4, -0.2) is 15.7 Å². The lowest BCUT2D eigenvalue weighted by Crippen LogP contribution is -2.11. The van der Waals surface area contributed by atoms with Gasteiger partial charge in [0.25, 0.3) is 5.69 Å². The van der Waals surface area contributed by atoms with Crippen molar-refractivity contribution in [1.82, 2.24) is 4.98 Å². The van der Waals surface area contributed by atoms with E-state index < -0.39 is 5.92 Å². The van der Waals surface area contributed by atoms with Crippen molar-refractivity contribution in [2.75, 3.05) is 0 Å². The number of para-hydroxylation sites is 2. The number of nitrogens with one attached hydrogen (secondary N) is 1. The molecule has 0 aliphatic carbocycles. The summed E-state index contributed by atoms with van der Waals surface area (Å²) in [6.07, 6.45) is 2.00. The number of aromatic amines is 1. The van der Waals surface area contributed by atoms with Gasteiger partial charge < -0.3 is 4.98 Å². The van der Waals surface area contributed by atoms with Crippen molar-refractivity contribution in [2.24, 2.45) is 0 Å². The number of H-pyrrole nitrogens is 1. The zero-order chi connectivity index (χ0) is 19.5. The molecule has 1 atom stereocenters. The minimum atomic E-state index is -0.426. The van der Waals surface area contributed by atoms with Gasteiger partial charge in [-0.2, -0.15) is 0 Å². The zero-order valence-corrected chi connectivity index (χ0v) is 15.0. The average Bonchev–Trinajstić information content (AvgIpc) is 3.16. The first-order valence-corrected chi connectivity index (χ1v) is 9.02. The summed E-state index contributed by atoms with van der Waals surface area (Å²) in [6, 6.07) is 23.5. The molecule has 3 aromatic carbocycles. The molecule has 4 rings (SSSR count). The highest BCUT2D eigenvalue weighted by atomic mass is 16.6. The Kier molecular flexibility index (Phi) is 4.72. The van der Waals surface area contributed by atoms with Crippen LogP contribution in [0.3, 0.4) is 0 Å². The number of benzene rings is 3. The smallest absolute Gasteiger partial charge is 0.273 e. The van der Waals surface area contributed by atoms with Crippen LogP contribution in [0.25, 0.3) is 10.9 Å². The monoisotopic (exact) mass is 370 g/mol. The van der Waals surface area contributed by atoms with Gasteiger partial charge in [0.1, 0.15) is 0 Å². The molecule has 0 radical (unpaired) electrons. The van der Waals surface area contributed by atoms with Crippen LogP contribution < -0.4 is 0 Å². The van der Waals surface area contributed by atoms with Crippen LogP contribution in [-0.2, 0) is 0 Å². The van der Waals surface area contributed by atoms with Crippen molar-refractivity contribution < 1.29 is 9.72 Å². The standard InChI is InChI=1S/C23H18N2O3/c26-23(16-8-2-1-3-9-16)14-19(18-11-5-7-13-22(18)25(27)28)20-15-24-21-12-6-4-10-17(20)21/h1-13,15,19,24H,14H2. The van der Waals surface area contributed by atoms with Gasteiger partial charge >= 0.3 is 0 Å². The molecule has 0 saturated carbocycles. The minimum Gasteiger partial charge on any atom is -0.361 e. The highest BCUT2D eigenvalue weighted by Gasteiger charge is 2.27. The van der Waals surface area contributed by atoms with Gasteiger partial charge in [0.2, 0.25) is 0 Å². The molecule has 5 nitrogen and oxygen atoms in total. The summed E-state index contributed by atoms with van der Waals surface area (Å²) in [5.41, 5.74) is 2.99. The maximum absolute atomic E-state index is 13.0. The molecule has 0 amide bonds. The Hall–Kier alpha value is -3.73. The van der Waals surface area contributed by atoms with E-state index in [1.54, 1.807) is 30.3 Å². The van der Waals surface area contributed by atoms with Gasteiger partial charge in [0.15, 0.2) is 5.78 Å². The predicted octanol–water partition coefficient (Wildman–Crippen LogP) is 5.48. The lowest BCUT2D eigenvalue weighted by atomic mass is 9.84. The number of fused-ring (bicyclic) bond motifs is 1. The molecule has 5 heteroatoms. The maximum atomic E-state index is 13.0. The number of nitrogens with zero attached hydrogens (tertiary/aromatic N) is 1. The lowest BCUT2D eigenvalue weighted by molar-refractivity contribution is -0.385. The van der Waals surface area contributed by atoms with E-state index in [9.17, 15) is 14.9 Å². The first-order chi connectivity index (χ1) is 13.6. The van der Waals surface area contributed by atoms with Crippen molar-refractivity contribution in [2.45, 2.75) is 12.3 Å². The van der Waals surface area contributed by atoms with E-state index in [0.717, 1.165) is 16.5 Å². The summed E-state index contributed by atoms with van der Waals surface area (Å²) < 4.78 is 0. The first kappa shape index (κ1) is 17.7. The van der Waals surface area contributed by atoms with Crippen LogP contribution >= 0.6 is 0 Å². The molecule has 1 heterocycles. The third-order valence-corrected chi connectivity index (χ3v) is 4.99. The number of nitro groups is 1. The largest absolute Gasteiger partial charge is 0.361 e. The molecule has 138 valence electrons. The second kappa shape index (κ2) is 7.48. The molecule has 1 aromatic heterocycles. The maximum Gasteiger partial charge on any atom is 0.273 e. The molecule has 0 aliphatic rings. The topological polar surface area (TPSA) is 76.0 Å². The van der Waals surface area contributed by atoms with E-state index in [4.69, 9.17) is 0 Å². The number of carbonyl (C=O) groups is 1. The molecule has 1 unspecified atom stereocenters. The van der Waals surface area contributed by atoms with Gasteiger partial charge in [0.05, 0.1) is 4.92 Å². The minimum absolute atomic E-state index is 0.0265. The molecule has 28 heavy (non-hydrogen) atoms. The van der Waals surface area contributed by atoms with E-state index >= 15 is 0 Å². The van der Waals surface area contributed by atoms with E-state index in [-0.39, 0.29) is 22.8 Å². The van der Waals surface area contributed by atoms with E-state index in [0.29, 0.717) is 11.1 Å². The van der Waals surface area contributed by atoms with Crippen LogP contribution in [0.2, 0.25) is 0 Å². The number of ketones is 1. The van der Waals surface area contributed by atoms with Gasteiger partial charge in [-0.1, -0.05) is 66.7 Å². The molecule has 1 N–H and O–H groups in total. The third-order valence-electron chi connectivity index (χ3n) is 4.99. The molecule has 4 aromatic rings. The second-order valence-electron chi connectivity index (χ2n) is 6.65. The average molecular weight is 370 g/mol. The molecule has 0 spiro atoms. The predicted molar refractivity (Wildman–Crippen MR) is 109 cm³/mol. The molecule has 0 bridgehead atoms. The summed E-state index contributed by atoms with van der Waals surface area (Å²) >= 11 is 0. The van der Waals surface area contributed by atoms with Gasteiger partial charge in [-0.25, -0.2) is 0 Å².